The number of benzene rings is 2. The highest BCUT2D eigenvalue weighted by atomic mass is 127. The van der Waals surface area contributed by atoms with Crippen LogP contribution in [0.5, 0.6) is 0 Å². The lowest BCUT2D eigenvalue weighted by Crippen LogP contribution is -2.67. The number of amides is 1. The average molecular weight is 562 g/mol. The Hall–Kier alpha value is -1.89. The molecule has 32 heavy (non-hydrogen) atoms. The van der Waals surface area contributed by atoms with Crippen molar-refractivity contribution in [1.29, 1.82) is 0 Å². The average Bonchev–Trinajstić information content (AvgIpc) is 2.70. The maximum Gasteiger partial charge on any atom is 0.256 e. The molecule has 1 atom stereocenters. The number of halogens is 4. The van der Waals surface area contributed by atoms with E-state index in [4.69, 9.17) is 0 Å². The van der Waals surface area contributed by atoms with Gasteiger partial charge in [0.25, 0.3) is 5.91 Å². The number of carbonyl (C=O) groups excluding carboxylic acids is 1. The highest BCUT2D eigenvalue weighted by Crippen LogP contribution is 2.31. The smallest absolute Gasteiger partial charge is 0.256 e. The van der Waals surface area contributed by atoms with Gasteiger partial charge in [0.05, 0.1) is 30.0 Å². The molecule has 0 saturated carbocycles. The molecule has 1 heterocycles. The van der Waals surface area contributed by atoms with Gasteiger partial charge in [0.1, 0.15) is 11.4 Å². The van der Waals surface area contributed by atoms with Crippen LogP contribution < -0.4 is 10.6 Å². The van der Waals surface area contributed by atoms with Crippen LogP contribution in [0.3, 0.4) is 0 Å². The first-order chi connectivity index (χ1) is 15.0. The van der Waals surface area contributed by atoms with Crippen LogP contribution in [0.4, 0.5) is 24.5 Å². The van der Waals surface area contributed by atoms with Gasteiger partial charge in [-0.2, -0.15) is 0 Å². The van der Waals surface area contributed by atoms with Crippen LogP contribution in [0.1, 0.15) is 17.3 Å². The molecule has 1 unspecified atom stereocenters. The zero-order valence-corrected chi connectivity index (χ0v) is 20.2. The van der Waals surface area contributed by atoms with Crippen LogP contribution in [-0.2, 0) is 0 Å². The van der Waals surface area contributed by atoms with Crippen molar-refractivity contribution >= 4 is 39.9 Å². The van der Waals surface area contributed by atoms with E-state index in [0.717, 1.165) is 12.1 Å². The van der Waals surface area contributed by atoms with Crippen molar-refractivity contribution in [1.82, 2.24) is 15.1 Å². The number of nitrogens with zero attached hydrogens (tertiary/aromatic N) is 2. The Balaban J connectivity index is 1.72. The second-order valence-electron chi connectivity index (χ2n) is 8.36. The lowest BCUT2D eigenvalue weighted by atomic mass is 9.92. The summed E-state index contributed by atoms with van der Waals surface area (Å²) in [5.74, 6) is -3.67. The number of anilines is 2. The Labute approximate surface area is 198 Å². The van der Waals surface area contributed by atoms with Gasteiger partial charge in [-0.3, -0.25) is 4.79 Å². The molecule has 0 bridgehead atoms. The van der Waals surface area contributed by atoms with E-state index >= 15 is 0 Å². The summed E-state index contributed by atoms with van der Waals surface area (Å²) >= 11 is 1.93. The first-order valence-corrected chi connectivity index (χ1v) is 11.2. The third-order valence-electron chi connectivity index (χ3n) is 5.55. The lowest BCUT2D eigenvalue weighted by molar-refractivity contribution is -0.0788. The molecule has 0 spiro atoms. The van der Waals surface area contributed by atoms with Gasteiger partial charge < -0.3 is 25.5 Å². The molecular weight excluding hydrogens is 536 g/mol. The molecule has 0 radical (unpaired) electrons. The van der Waals surface area contributed by atoms with E-state index in [-0.39, 0.29) is 30.4 Å². The normalized spacial score (nSPS) is 16.1. The van der Waals surface area contributed by atoms with E-state index in [2.05, 4.69) is 10.6 Å². The van der Waals surface area contributed by atoms with Crippen molar-refractivity contribution in [3.05, 3.63) is 56.9 Å². The monoisotopic (exact) mass is 562 g/mol. The van der Waals surface area contributed by atoms with Crippen molar-refractivity contribution in [3.8, 4) is 0 Å². The number of likely N-dealkylation sites (N-methyl/N-ethyl adjacent to an activating group) is 1. The maximum absolute atomic E-state index is 14.6. The summed E-state index contributed by atoms with van der Waals surface area (Å²) in [4.78, 5) is 16.4. The largest absolute Gasteiger partial charge is 0.385 e. The van der Waals surface area contributed by atoms with E-state index in [1.54, 1.807) is 6.07 Å². The first-order valence-electron chi connectivity index (χ1n) is 10.1. The standard InChI is InChI=1S/C22H26F3IN4O2/c1-13(29(2)3)9-27-10-22(32)11-30(12-22)21(31)15-5-6-16(23)19(25)20(15)28-18-7-4-14(26)8-17(18)24/h4-8,13,27-28,32H,9-12H2,1-3H3. The summed E-state index contributed by atoms with van der Waals surface area (Å²) in [6, 6.07) is 6.51. The van der Waals surface area contributed by atoms with Crippen LogP contribution in [-0.4, -0.2) is 72.7 Å². The summed E-state index contributed by atoms with van der Waals surface area (Å²) in [6.07, 6.45) is 0. The second kappa shape index (κ2) is 9.94. The van der Waals surface area contributed by atoms with Gasteiger partial charge in [-0.25, -0.2) is 13.2 Å². The minimum absolute atomic E-state index is 0.0471. The molecule has 2 aromatic rings. The summed E-state index contributed by atoms with van der Waals surface area (Å²) in [7, 11) is 3.92. The molecule has 0 aromatic heterocycles. The molecule has 10 heteroatoms. The topological polar surface area (TPSA) is 67.8 Å². The Bertz CT molecular complexity index is 999. The molecule has 3 N–H and O–H groups in total. The summed E-state index contributed by atoms with van der Waals surface area (Å²) in [6.45, 7) is 3.10. The highest BCUT2D eigenvalue weighted by molar-refractivity contribution is 14.1. The van der Waals surface area contributed by atoms with Gasteiger partial charge in [0.2, 0.25) is 0 Å². The summed E-state index contributed by atoms with van der Waals surface area (Å²) in [5.41, 5.74) is -1.76. The maximum atomic E-state index is 14.6. The third kappa shape index (κ3) is 5.53. The number of rotatable bonds is 8. The number of likely N-dealkylation sites (tertiary alicyclic amines) is 1. The molecule has 1 amide bonds. The predicted octanol–water partition coefficient (Wildman–Crippen LogP) is 3.18. The Morgan fingerprint density at radius 3 is 2.53 bits per heavy atom. The van der Waals surface area contributed by atoms with Crippen molar-refractivity contribution in [3.63, 3.8) is 0 Å². The van der Waals surface area contributed by atoms with Crippen molar-refractivity contribution < 1.29 is 23.1 Å². The molecule has 6 nitrogen and oxygen atoms in total. The highest BCUT2D eigenvalue weighted by Gasteiger charge is 2.44. The number of carbonyl (C=O) groups is 1. The predicted molar refractivity (Wildman–Crippen MR) is 126 cm³/mol. The minimum atomic E-state index is -1.27. The Morgan fingerprint density at radius 1 is 1.22 bits per heavy atom. The van der Waals surface area contributed by atoms with Gasteiger partial charge in [-0.05, 0) is 73.9 Å². The van der Waals surface area contributed by atoms with Crippen molar-refractivity contribution in [2.24, 2.45) is 0 Å². The second-order valence-corrected chi connectivity index (χ2v) is 9.61. The van der Waals surface area contributed by atoms with E-state index < -0.39 is 34.6 Å². The van der Waals surface area contributed by atoms with Crippen molar-refractivity contribution in [2.45, 2.75) is 18.6 Å². The first kappa shape index (κ1) is 24.7. The van der Waals surface area contributed by atoms with Crippen LogP contribution in [0.25, 0.3) is 0 Å². The summed E-state index contributed by atoms with van der Waals surface area (Å²) in [5, 5.41) is 16.3. The zero-order valence-electron chi connectivity index (χ0n) is 18.1. The van der Waals surface area contributed by atoms with Crippen LogP contribution in [0, 0.1) is 21.0 Å². The number of hydrogen-bond donors (Lipinski definition) is 3. The molecule has 3 rings (SSSR count). The zero-order chi connectivity index (χ0) is 23.6. The molecule has 174 valence electrons. The minimum Gasteiger partial charge on any atom is -0.385 e. The van der Waals surface area contributed by atoms with Gasteiger partial charge in [0.15, 0.2) is 11.6 Å². The molecule has 0 aliphatic carbocycles. The van der Waals surface area contributed by atoms with Gasteiger partial charge >= 0.3 is 0 Å². The molecule has 1 saturated heterocycles. The van der Waals surface area contributed by atoms with E-state index in [0.29, 0.717) is 16.7 Å². The van der Waals surface area contributed by atoms with E-state index in [9.17, 15) is 23.1 Å². The van der Waals surface area contributed by atoms with E-state index in [1.807, 2.05) is 48.5 Å². The fourth-order valence-corrected chi connectivity index (χ4v) is 3.82. The number of β-amino-alcohol motifs (C(OH)–C–C–N with tert-alkyl or cyclic N) is 1. The van der Waals surface area contributed by atoms with Gasteiger partial charge in [-0.15, -0.1) is 0 Å². The quantitative estimate of drug-likeness (QED) is 0.432. The Kier molecular flexibility index (Phi) is 7.69. The molecule has 1 aliphatic rings. The molecule has 1 fully saturated rings. The lowest BCUT2D eigenvalue weighted by Gasteiger charge is -2.47. The molecule has 2 aromatic carbocycles. The number of hydrogen-bond acceptors (Lipinski definition) is 5. The van der Waals surface area contributed by atoms with Crippen molar-refractivity contribution in [2.75, 3.05) is 45.6 Å². The number of aliphatic hydroxyl groups is 1. The van der Waals surface area contributed by atoms with E-state index in [1.165, 1.54) is 17.0 Å². The fraction of sp³-hybridized carbons (Fsp3) is 0.409. The van der Waals surface area contributed by atoms with Gasteiger partial charge in [-0.1, -0.05) is 0 Å². The molecule has 1 aliphatic heterocycles. The fourth-order valence-electron chi connectivity index (χ4n) is 3.36. The van der Waals surface area contributed by atoms with Crippen LogP contribution >= 0.6 is 22.6 Å². The SMILES string of the molecule is CC(CNCC1(O)CN(C(=O)c2ccc(F)c(F)c2Nc2ccc(I)cc2F)C1)N(C)C. The number of nitrogens with one attached hydrogen (secondary N) is 2. The summed E-state index contributed by atoms with van der Waals surface area (Å²) < 4.78 is 43.3. The molecular formula is C22H26F3IN4O2. The van der Waals surface area contributed by atoms with Crippen LogP contribution in [0.15, 0.2) is 30.3 Å². The van der Waals surface area contributed by atoms with Crippen LogP contribution in [0.2, 0.25) is 0 Å². The third-order valence-corrected chi connectivity index (χ3v) is 6.22. The Morgan fingerprint density at radius 2 is 1.91 bits per heavy atom. The van der Waals surface area contributed by atoms with Gasteiger partial charge in [0, 0.05) is 22.7 Å².